The molecule has 2 nitrogen and oxygen atoms in total. The maximum Gasteiger partial charge on any atom is 0.0551 e. The van der Waals surface area contributed by atoms with E-state index in [4.69, 9.17) is 4.74 Å². The number of rotatable bonds is 5. The van der Waals surface area contributed by atoms with Crippen LogP contribution in [0.5, 0.6) is 0 Å². The van der Waals surface area contributed by atoms with Gasteiger partial charge >= 0.3 is 0 Å². The Morgan fingerprint density at radius 2 is 1.90 bits per heavy atom. The highest BCUT2D eigenvalue weighted by atomic mass is 16.5. The second-order valence-corrected chi connectivity index (χ2v) is 7.45. The average Bonchev–Trinajstić information content (AvgIpc) is 2.84. The fourth-order valence-electron chi connectivity index (χ4n) is 3.19. The van der Waals surface area contributed by atoms with Gasteiger partial charge in [0.05, 0.1) is 12.7 Å². The first-order chi connectivity index (χ1) is 9.90. The van der Waals surface area contributed by atoms with E-state index in [1.807, 2.05) is 0 Å². The lowest BCUT2D eigenvalue weighted by atomic mass is 9.85. The fourth-order valence-corrected chi connectivity index (χ4v) is 3.19. The highest BCUT2D eigenvalue weighted by molar-refractivity contribution is 5.28. The molecule has 0 amide bonds. The van der Waals surface area contributed by atoms with Crippen molar-refractivity contribution in [2.45, 2.75) is 65.0 Å². The largest absolute Gasteiger partial charge is 0.378 e. The van der Waals surface area contributed by atoms with Crippen LogP contribution in [0.4, 0.5) is 0 Å². The molecule has 1 heterocycles. The van der Waals surface area contributed by atoms with Crippen molar-refractivity contribution in [1.29, 1.82) is 0 Å². The molecular formula is C19H31NO. The number of benzene rings is 1. The number of likely N-dealkylation sites (N-methyl/N-ethyl adjacent to an activating group) is 1. The summed E-state index contributed by atoms with van der Waals surface area (Å²) in [4.78, 5) is 0. The normalized spacial score (nSPS) is 24.2. The zero-order valence-corrected chi connectivity index (χ0v) is 14.3. The topological polar surface area (TPSA) is 21.3 Å². The van der Waals surface area contributed by atoms with Crippen LogP contribution in [0.25, 0.3) is 0 Å². The molecule has 118 valence electrons. The van der Waals surface area contributed by atoms with Crippen molar-refractivity contribution < 1.29 is 4.74 Å². The number of ether oxygens (including phenoxy) is 1. The third-order valence-electron chi connectivity index (χ3n) is 4.54. The molecule has 0 spiro atoms. The van der Waals surface area contributed by atoms with Crippen molar-refractivity contribution in [2.75, 3.05) is 13.2 Å². The Kier molecular flexibility index (Phi) is 5.45. The van der Waals surface area contributed by atoms with Crippen molar-refractivity contribution in [1.82, 2.24) is 5.32 Å². The van der Waals surface area contributed by atoms with Crippen molar-refractivity contribution in [3.8, 4) is 0 Å². The lowest BCUT2D eigenvalue weighted by Crippen LogP contribution is -2.38. The average molecular weight is 289 g/mol. The fraction of sp³-hybridized carbons (Fsp3) is 0.684. The predicted molar refractivity (Wildman–Crippen MR) is 89.8 cm³/mol. The SMILES string of the molecule is CCNC(Cc1ccc(C(C)(C)C)cc1)C1COC(C)C1. The Morgan fingerprint density at radius 3 is 2.38 bits per heavy atom. The van der Waals surface area contributed by atoms with E-state index in [0.29, 0.717) is 18.1 Å². The second-order valence-electron chi connectivity index (χ2n) is 7.45. The first-order valence-corrected chi connectivity index (χ1v) is 8.34. The monoisotopic (exact) mass is 289 g/mol. The second kappa shape index (κ2) is 6.93. The van der Waals surface area contributed by atoms with Crippen LogP contribution in [0.3, 0.4) is 0 Å². The van der Waals surface area contributed by atoms with Gasteiger partial charge in [-0.1, -0.05) is 52.0 Å². The van der Waals surface area contributed by atoms with Crippen LogP contribution in [0.2, 0.25) is 0 Å². The van der Waals surface area contributed by atoms with E-state index < -0.39 is 0 Å². The molecule has 0 radical (unpaired) electrons. The van der Waals surface area contributed by atoms with Crippen LogP contribution in [0.15, 0.2) is 24.3 Å². The summed E-state index contributed by atoms with van der Waals surface area (Å²) >= 11 is 0. The minimum Gasteiger partial charge on any atom is -0.378 e. The Labute approximate surface area is 130 Å². The minimum atomic E-state index is 0.230. The highest BCUT2D eigenvalue weighted by Crippen LogP contribution is 2.26. The van der Waals surface area contributed by atoms with Crippen molar-refractivity contribution in [2.24, 2.45) is 5.92 Å². The quantitative estimate of drug-likeness (QED) is 0.887. The lowest BCUT2D eigenvalue weighted by molar-refractivity contribution is 0.117. The van der Waals surface area contributed by atoms with E-state index in [1.54, 1.807) is 0 Å². The van der Waals surface area contributed by atoms with Gasteiger partial charge in [-0.25, -0.2) is 0 Å². The molecule has 1 aromatic rings. The van der Waals surface area contributed by atoms with Crippen molar-refractivity contribution in [3.05, 3.63) is 35.4 Å². The lowest BCUT2D eigenvalue weighted by Gasteiger charge is -2.24. The maximum absolute atomic E-state index is 5.75. The van der Waals surface area contributed by atoms with Gasteiger partial charge in [-0.3, -0.25) is 0 Å². The van der Waals surface area contributed by atoms with Crippen LogP contribution in [0.1, 0.15) is 52.2 Å². The standard InChI is InChI=1S/C19H31NO/c1-6-20-18(16-11-14(2)21-13-16)12-15-7-9-17(10-8-15)19(3,4)5/h7-10,14,16,18,20H,6,11-13H2,1-5H3. The molecule has 1 N–H and O–H groups in total. The molecule has 3 unspecified atom stereocenters. The summed E-state index contributed by atoms with van der Waals surface area (Å²) in [7, 11) is 0. The third-order valence-corrected chi connectivity index (χ3v) is 4.54. The molecule has 0 aromatic heterocycles. The highest BCUT2D eigenvalue weighted by Gasteiger charge is 2.29. The Balaban J connectivity index is 2.03. The van der Waals surface area contributed by atoms with Gasteiger partial charge in [-0.2, -0.15) is 0 Å². The Morgan fingerprint density at radius 1 is 1.24 bits per heavy atom. The van der Waals surface area contributed by atoms with Gasteiger partial charge in [0.2, 0.25) is 0 Å². The van der Waals surface area contributed by atoms with Crippen LogP contribution in [0, 0.1) is 5.92 Å². The molecule has 0 aliphatic carbocycles. The summed E-state index contributed by atoms with van der Waals surface area (Å²) in [6.07, 6.45) is 2.69. The molecule has 1 aliphatic heterocycles. The summed E-state index contributed by atoms with van der Waals surface area (Å²) < 4.78 is 5.75. The molecule has 1 fully saturated rings. The van der Waals surface area contributed by atoms with Crippen LogP contribution >= 0.6 is 0 Å². The molecule has 21 heavy (non-hydrogen) atoms. The van der Waals surface area contributed by atoms with Gasteiger partial charge in [0.25, 0.3) is 0 Å². The molecule has 2 rings (SSSR count). The molecule has 1 saturated heterocycles. The Bertz CT molecular complexity index is 432. The summed E-state index contributed by atoms with van der Waals surface area (Å²) in [5, 5.41) is 3.66. The van der Waals surface area contributed by atoms with Gasteiger partial charge < -0.3 is 10.1 Å². The smallest absolute Gasteiger partial charge is 0.0551 e. The van der Waals surface area contributed by atoms with E-state index in [1.165, 1.54) is 17.5 Å². The van der Waals surface area contributed by atoms with Crippen LogP contribution in [-0.4, -0.2) is 25.3 Å². The predicted octanol–water partition coefficient (Wildman–Crippen LogP) is 3.93. The van der Waals surface area contributed by atoms with Crippen LogP contribution < -0.4 is 5.32 Å². The number of nitrogens with one attached hydrogen (secondary N) is 1. The maximum atomic E-state index is 5.75. The molecule has 0 bridgehead atoms. The summed E-state index contributed by atoms with van der Waals surface area (Å²) in [5.41, 5.74) is 3.06. The van der Waals surface area contributed by atoms with Crippen molar-refractivity contribution in [3.63, 3.8) is 0 Å². The zero-order chi connectivity index (χ0) is 15.5. The van der Waals surface area contributed by atoms with Gasteiger partial charge in [-0.15, -0.1) is 0 Å². The van der Waals surface area contributed by atoms with Gasteiger partial charge in [0, 0.05) is 12.0 Å². The zero-order valence-electron chi connectivity index (χ0n) is 14.3. The third kappa shape index (κ3) is 4.55. The molecule has 2 heteroatoms. The Hall–Kier alpha value is -0.860. The van der Waals surface area contributed by atoms with E-state index in [2.05, 4.69) is 64.2 Å². The summed E-state index contributed by atoms with van der Waals surface area (Å²) in [5.74, 6) is 0.641. The first-order valence-electron chi connectivity index (χ1n) is 8.34. The molecular weight excluding hydrogens is 258 g/mol. The van der Waals surface area contributed by atoms with E-state index >= 15 is 0 Å². The number of hydrogen-bond acceptors (Lipinski definition) is 2. The van der Waals surface area contributed by atoms with Crippen LogP contribution in [-0.2, 0) is 16.6 Å². The first kappa shape index (κ1) is 16.5. The number of hydrogen-bond donors (Lipinski definition) is 1. The van der Waals surface area contributed by atoms with Gasteiger partial charge in [0.15, 0.2) is 0 Å². The van der Waals surface area contributed by atoms with E-state index in [-0.39, 0.29) is 5.41 Å². The summed E-state index contributed by atoms with van der Waals surface area (Å²) in [6, 6.07) is 9.69. The molecule has 3 atom stereocenters. The molecule has 1 aliphatic rings. The molecule has 1 aromatic carbocycles. The van der Waals surface area contributed by atoms with Gasteiger partial charge in [-0.05, 0) is 42.9 Å². The van der Waals surface area contributed by atoms with Crippen molar-refractivity contribution >= 4 is 0 Å². The van der Waals surface area contributed by atoms with Gasteiger partial charge in [0.1, 0.15) is 0 Å². The molecule has 0 saturated carbocycles. The summed E-state index contributed by atoms with van der Waals surface area (Å²) in [6.45, 7) is 13.1. The minimum absolute atomic E-state index is 0.230. The van der Waals surface area contributed by atoms with E-state index in [0.717, 1.165) is 19.6 Å². The van der Waals surface area contributed by atoms with E-state index in [9.17, 15) is 0 Å².